The molecular weight excluding hydrogens is 382 g/mol. The van der Waals surface area contributed by atoms with E-state index >= 15 is 0 Å². The van der Waals surface area contributed by atoms with E-state index in [0.29, 0.717) is 35.8 Å². The number of carbonyl (C=O) groups excluding carboxylic acids is 2. The van der Waals surface area contributed by atoms with Crippen molar-refractivity contribution >= 4 is 23.2 Å². The summed E-state index contributed by atoms with van der Waals surface area (Å²) in [7, 11) is 1.54. The largest absolute Gasteiger partial charge is 0.493 e. The molecule has 3 rings (SSSR count). The van der Waals surface area contributed by atoms with Crippen LogP contribution in [-0.4, -0.2) is 37.8 Å². The molecule has 0 radical (unpaired) electrons. The Labute approximate surface area is 176 Å². The number of benzene rings is 2. The van der Waals surface area contributed by atoms with Crippen LogP contribution in [0.25, 0.3) is 0 Å². The van der Waals surface area contributed by atoms with Gasteiger partial charge in [0.05, 0.1) is 19.4 Å². The van der Waals surface area contributed by atoms with Crippen LogP contribution in [0.3, 0.4) is 0 Å². The number of nitrogens with one attached hydrogen (secondary N) is 1. The summed E-state index contributed by atoms with van der Waals surface area (Å²) in [5.74, 6) is 0.888. The summed E-state index contributed by atoms with van der Waals surface area (Å²) in [6.07, 6.45) is 2.34. The second kappa shape index (κ2) is 9.91. The van der Waals surface area contributed by atoms with E-state index in [0.717, 1.165) is 30.6 Å². The molecule has 2 aromatic rings. The molecule has 1 fully saturated rings. The minimum atomic E-state index is -0.347. The van der Waals surface area contributed by atoms with Crippen molar-refractivity contribution in [3.8, 4) is 11.5 Å². The normalized spacial score (nSPS) is 14.0. The van der Waals surface area contributed by atoms with Crippen LogP contribution in [0.15, 0.2) is 47.6 Å². The topological polar surface area (TPSA) is 80.2 Å². The van der Waals surface area contributed by atoms with Gasteiger partial charge >= 0.3 is 0 Å². The van der Waals surface area contributed by atoms with Crippen LogP contribution >= 0.6 is 0 Å². The third-order valence-corrected chi connectivity index (χ3v) is 4.86. The van der Waals surface area contributed by atoms with Crippen molar-refractivity contribution in [1.29, 1.82) is 0 Å². The Balaban J connectivity index is 1.71. The molecule has 0 spiro atoms. The van der Waals surface area contributed by atoms with Crippen LogP contribution in [0.2, 0.25) is 0 Å². The van der Waals surface area contributed by atoms with Crippen molar-refractivity contribution in [3.63, 3.8) is 0 Å². The molecule has 158 valence electrons. The van der Waals surface area contributed by atoms with Crippen LogP contribution in [0.4, 0.5) is 5.69 Å². The average molecular weight is 409 g/mol. The van der Waals surface area contributed by atoms with Gasteiger partial charge in [-0.2, -0.15) is 5.10 Å². The van der Waals surface area contributed by atoms with Crippen molar-refractivity contribution < 1.29 is 19.1 Å². The molecular formula is C23H27N3O4. The Hall–Kier alpha value is -3.35. The summed E-state index contributed by atoms with van der Waals surface area (Å²) in [5, 5.41) is 4.23. The maximum Gasteiger partial charge on any atom is 0.271 e. The summed E-state index contributed by atoms with van der Waals surface area (Å²) < 4.78 is 10.9. The van der Waals surface area contributed by atoms with Gasteiger partial charge in [-0.05, 0) is 55.7 Å². The molecule has 0 aromatic heterocycles. The maximum atomic E-state index is 12.5. The molecule has 1 aliphatic rings. The number of rotatable bonds is 8. The number of amides is 2. The number of hydrazone groups is 1. The van der Waals surface area contributed by atoms with E-state index in [1.54, 1.807) is 23.1 Å². The Morgan fingerprint density at radius 3 is 2.70 bits per heavy atom. The summed E-state index contributed by atoms with van der Waals surface area (Å²) in [5.41, 5.74) is 5.34. The van der Waals surface area contributed by atoms with Gasteiger partial charge in [0.2, 0.25) is 5.91 Å². The van der Waals surface area contributed by atoms with Crippen LogP contribution in [-0.2, 0) is 4.79 Å². The van der Waals surface area contributed by atoms with Gasteiger partial charge in [-0.1, -0.05) is 19.1 Å². The number of methoxy groups -OCH3 is 1. The zero-order chi connectivity index (χ0) is 21.5. The molecule has 2 amide bonds. The van der Waals surface area contributed by atoms with Gasteiger partial charge in [0, 0.05) is 24.2 Å². The lowest BCUT2D eigenvalue weighted by molar-refractivity contribution is -0.117. The van der Waals surface area contributed by atoms with E-state index < -0.39 is 0 Å². The van der Waals surface area contributed by atoms with Crippen LogP contribution < -0.4 is 19.8 Å². The molecule has 0 aliphatic carbocycles. The van der Waals surface area contributed by atoms with E-state index in [-0.39, 0.29) is 11.8 Å². The summed E-state index contributed by atoms with van der Waals surface area (Å²) in [6.45, 7) is 5.14. The molecule has 0 bridgehead atoms. The standard InChI is InChI=1S/C23H27N3O4/c1-4-13-30-20-11-10-18(15-21(20)29-3)23(28)25-24-16(2)17-7-5-8-19(14-17)26-12-6-9-22(26)27/h5,7-8,10-11,14-15H,4,6,9,12-13H2,1-3H3,(H,25,28)/b24-16-. The predicted molar refractivity (Wildman–Crippen MR) is 116 cm³/mol. The zero-order valence-corrected chi connectivity index (χ0v) is 17.6. The van der Waals surface area contributed by atoms with Crippen LogP contribution in [0.5, 0.6) is 11.5 Å². The Kier molecular flexibility index (Phi) is 7.06. The van der Waals surface area contributed by atoms with Crippen molar-refractivity contribution in [2.45, 2.75) is 33.1 Å². The highest BCUT2D eigenvalue weighted by Crippen LogP contribution is 2.28. The Morgan fingerprint density at radius 2 is 2.00 bits per heavy atom. The second-order valence-corrected chi connectivity index (χ2v) is 7.05. The second-order valence-electron chi connectivity index (χ2n) is 7.05. The minimum Gasteiger partial charge on any atom is -0.493 e. The average Bonchev–Trinajstić information content (AvgIpc) is 3.21. The van der Waals surface area contributed by atoms with E-state index in [4.69, 9.17) is 9.47 Å². The van der Waals surface area contributed by atoms with Gasteiger partial charge in [0.15, 0.2) is 11.5 Å². The highest BCUT2D eigenvalue weighted by molar-refractivity contribution is 6.03. The fraction of sp³-hybridized carbons (Fsp3) is 0.348. The lowest BCUT2D eigenvalue weighted by atomic mass is 10.1. The Bertz CT molecular complexity index is 955. The van der Waals surface area contributed by atoms with E-state index in [9.17, 15) is 9.59 Å². The monoisotopic (exact) mass is 409 g/mol. The molecule has 7 nitrogen and oxygen atoms in total. The lowest BCUT2D eigenvalue weighted by Gasteiger charge is -2.16. The van der Waals surface area contributed by atoms with Gasteiger partial charge in [0.1, 0.15) is 0 Å². The summed E-state index contributed by atoms with van der Waals surface area (Å²) >= 11 is 0. The lowest BCUT2D eigenvalue weighted by Crippen LogP contribution is -2.24. The first kappa shape index (κ1) is 21.4. The molecule has 1 heterocycles. The molecule has 1 N–H and O–H groups in total. The van der Waals surface area contributed by atoms with Crippen molar-refractivity contribution in [3.05, 3.63) is 53.6 Å². The Morgan fingerprint density at radius 1 is 1.17 bits per heavy atom. The number of nitrogens with zero attached hydrogens (tertiary/aromatic N) is 2. The molecule has 2 aromatic carbocycles. The van der Waals surface area contributed by atoms with Crippen molar-refractivity contribution in [2.75, 3.05) is 25.2 Å². The van der Waals surface area contributed by atoms with Crippen LogP contribution in [0.1, 0.15) is 49.0 Å². The number of anilines is 1. The molecule has 1 saturated heterocycles. The third-order valence-electron chi connectivity index (χ3n) is 4.86. The van der Waals surface area contributed by atoms with E-state index in [1.807, 2.05) is 38.1 Å². The molecule has 7 heteroatoms. The van der Waals surface area contributed by atoms with Crippen molar-refractivity contribution in [2.24, 2.45) is 5.10 Å². The van der Waals surface area contributed by atoms with Gasteiger partial charge < -0.3 is 14.4 Å². The van der Waals surface area contributed by atoms with Gasteiger partial charge in [-0.3, -0.25) is 9.59 Å². The number of hydrogen-bond donors (Lipinski definition) is 1. The quantitative estimate of drug-likeness (QED) is 0.532. The number of carbonyl (C=O) groups is 2. The number of ether oxygens (including phenoxy) is 2. The minimum absolute atomic E-state index is 0.135. The molecule has 0 saturated carbocycles. The number of hydrogen-bond acceptors (Lipinski definition) is 5. The fourth-order valence-corrected chi connectivity index (χ4v) is 3.22. The first-order chi connectivity index (χ1) is 14.5. The summed E-state index contributed by atoms with van der Waals surface area (Å²) in [4.78, 5) is 26.3. The van der Waals surface area contributed by atoms with Gasteiger partial charge in [-0.15, -0.1) is 0 Å². The summed E-state index contributed by atoms with van der Waals surface area (Å²) in [6, 6.07) is 12.6. The first-order valence-electron chi connectivity index (χ1n) is 10.1. The first-order valence-corrected chi connectivity index (χ1v) is 10.1. The van der Waals surface area contributed by atoms with Gasteiger partial charge in [0.25, 0.3) is 5.91 Å². The van der Waals surface area contributed by atoms with Crippen LogP contribution in [0, 0.1) is 0 Å². The van der Waals surface area contributed by atoms with Gasteiger partial charge in [-0.25, -0.2) is 5.43 Å². The molecule has 0 atom stereocenters. The van der Waals surface area contributed by atoms with E-state index in [1.165, 1.54) is 7.11 Å². The molecule has 30 heavy (non-hydrogen) atoms. The molecule has 0 unspecified atom stereocenters. The predicted octanol–water partition coefficient (Wildman–Crippen LogP) is 3.76. The third kappa shape index (κ3) is 4.97. The smallest absolute Gasteiger partial charge is 0.271 e. The van der Waals surface area contributed by atoms with Crippen molar-refractivity contribution in [1.82, 2.24) is 5.43 Å². The highest BCUT2D eigenvalue weighted by atomic mass is 16.5. The SMILES string of the molecule is CCCOc1ccc(C(=O)N/N=C(/C)c2cccc(N3CCCC3=O)c2)cc1OC. The molecule has 1 aliphatic heterocycles. The highest BCUT2D eigenvalue weighted by Gasteiger charge is 2.21. The fourth-order valence-electron chi connectivity index (χ4n) is 3.22. The zero-order valence-electron chi connectivity index (χ0n) is 17.6. The van der Waals surface area contributed by atoms with E-state index in [2.05, 4.69) is 10.5 Å². The maximum absolute atomic E-state index is 12.5.